The highest BCUT2D eigenvalue weighted by Crippen LogP contribution is 2.40. The minimum atomic E-state index is -4.66. The molecule has 1 fully saturated rings. The fourth-order valence-electron chi connectivity index (χ4n) is 3.64. The standard InChI is InChI=1S/C20H22N7O8PS2/c1-2-8-35-23-12(15-22-20(38-25-15)24-36(32,33)34)16(28)21-13-17(29)27-14(19(30)31)11(10-37-18(13)27)9-26-6-4-3-5-7-26/h3-7,13,18H,2,8-10H2,1H3,(H4-,21,22,24,25,28,30,31,32,33,34)/t13?,18-/m1/s1. The highest BCUT2D eigenvalue weighted by molar-refractivity contribution is 8.00. The largest absolute Gasteiger partial charge is 0.543 e. The molecule has 4 heterocycles. The third kappa shape index (κ3) is 6.19. The minimum Gasteiger partial charge on any atom is -0.543 e. The van der Waals surface area contributed by atoms with Gasteiger partial charge in [-0.05, 0) is 6.42 Å². The number of carboxylic acid groups (broad SMARTS) is 1. The normalized spacial score (nSPS) is 19.5. The Morgan fingerprint density at radius 1 is 1.34 bits per heavy atom. The van der Waals surface area contributed by atoms with Crippen LogP contribution in [0.25, 0.3) is 0 Å². The number of aliphatic carboxylic acids is 1. The first-order valence-corrected chi connectivity index (χ1v) is 14.5. The quantitative estimate of drug-likeness (QED) is 0.0599. The molecule has 2 aliphatic rings. The van der Waals surface area contributed by atoms with E-state index < -0.39 is 42.7 Å². The molecular formula is C20H22N7O8PS2. The molecule has 38 heavy (non-hydrogen) atoms. The summed E-state index contributed by atoms with van der Waals surface area (Å²) in [5.41, 5.74) is -0.153. The highest BCUT2D eigenvalue weighted by Gasteiger charge is 2.53. The van der Waals surface area contributed by atoms with Crippen molar-refractivity contribution in [1.29, 1.82) is 0 Å². The van der Waals surface area contributed by atoms with Crippen LogP contribution in [0.2, 0.25) is 0 Å². The Bertz CT molecular complexity index is 1350. The van der Waals surface area contributed by atoms with Gasteiger partial charge in [-0.25, -0.2) is 9.13 Å². The van der Waals surface area contributed by atoms with Crippen LogP contribution in [0.4, 0.5) is 5.13 Å². The number of pyridine rings is 1. The Kier molecular flexibility index (Phi) is 8.42. The van der Waals surface area contributed by atoms with Gasteiger partial charge in [0.05, 0.1) is 11.7 Å². The van der Waals surface area contributed by atoms with Gasteiger partial charge in [-0.1, -0.05) is 18.1 Å². The van der Waals surface area contributed by atoms with E-state index in [1.165, 1.54) is 11.8 Å². The molecule has 2 aromatic heterocycles. The van der Waals surface area contributed by atoms with Crippen LogP contribution in [0, 0.1) is 0 Å². The first-order valence-electron chi connectivity index (χ1n) is 11.1. The summed E-state index contributed by atoms with van der Waals surface area (Å²) in [6, 6.07) is 4.34. The average molecular weight is 584 g/mol. The summed E-state index contributed by atoms with van der Waals surface area (Å²) < 4.78 is 16.8. The monoisotopic (exact) mass is 583 g/mol. The number of nitrogens with one attached hydrogen (secondary N) is 2. The van der Waals surface area contributed by atoms with Gasteiger partial charge in [0.2, 0.25) is 16.7 Å². The predicted octanol–water partition coefficient (Wildman–Crippen LogP) is -1.43. The molecule has 4 rings (SSSR count). The van der Waals surface area contributed by atoms with E-state index in [1.807, 2.05) is 18.1 Å². The van der Waals surface area contributed by atoms with E-state index in [4.69, 9.17) is 14.6 Å². The second-order valence-electron chi connectivity index (χ2n) is 8.00. The number of carbonyl (C=O) groups excluding carboxylic acids is 3. The molecule has 2 aromatic rings. The molecule has 1 saturated heterocycles. The van der Waals surface area contributed by atoms with Gasteiger partial charge in [0.1, 0.15) is 18.0 Å². The molecule has 2 amide bonds. The molecule has 2 aliphatic heterocycles. The van der Waals surface area contributed by atoms with Gasteiger partial charge < -0.3 is 29.8 Å². The topological polar surface area (TPSA) is 210 Å². The van der Waals surface area contributed by atoms with Crippen molar-refractivity contribution in [2.45, 2.75) is 31.3 Å². The van der Waals surface area contributed by atoms with Gasteiger partial charge in [0.25, 0.3) is 11.8 Å². The maximum atomic E-state index is 13.1. The van der Waals surface area contributed by atoms with Crippen molar-refractivity contribution < 1.29 is 43.2 Å². The molecule has 4 N–H and O–H groups in total. The van der Waals surface area contributed by atoms with Crippen molar-refractivity contribution in [3.63, 3.8) is 0 Å². The highest BCUT2D eigenvalue weighted by atomic mass is 32.2. The number of carbonyl (C=O) groups is 3. The van der Waals surface area contributed by atoms with Crippen LogP contribution in [-0.4, -0.2) is 71.3 Å². The molecule has 0 spiro atoms. The molecule has 0 aliphatic carbocycles. The first-order chi connectivity index (χ1) is 18.1. The Hall–Kier alpha value is -3.37. The summed E-state index contributed by atoms with van der Waals surface area (Å²) in [7, 11) is -4.66. The van der Waals surface area contributed by atoms with Crippen molar-refractivity contribution in [2.24, 2.45) is 5.16 Å². The number of hydrogen-bond donors (Lipinski definition) is 4. The first kappa shape index (κ1) is 27.7. The number of rotatable bonds is 11. The molecule has 202 valence electrons. The number of fused-ring (bicyclic) bond motifs is 1. The van der Waals surface area contributed by atoms with Crippen LogP contribution in [0.3, 0.4) is 0 Å². The predicted molar refractivity (Wildman–Crippen MR) is 132 cm³/mol. The summed E-state index contributed by atoms with van der Waals surface area (Å²) in [5.74, 6) is -3.01. The number of carboxylic acids is 1. The van der Waals surface area contributed by atoms with Crippen molar-refractivity contribution in [2.75, 3.05) is 17.4 Å². The average Bonchev–Trinajstić information content (AvgIpc) is 3.31. The lowest BCUT2D eigenvalue weighted by Gasteiger charge is -2.50. The fourth-order valence-corrected chi connectivity index (χ4v) is 6.22. The third-order valence-electron chi connectivity index (χ3n) is 5.22. The number of aromatic nitrogens is 3. The molecule has 0 bridgehead atoms. The Balaban J connectivity index is 1.52. The number of anilines is 1. The van der Waals surface area contributed by atoms with Crippen LogP contribution in [0.15, 0.2) is 47.0 Å². The van der Waals surface area contributed by atoms with Crippen molar-refractivity contribution in [3.8, 4) is 0 Å². The molecule has 15 nitrogen and oxygen atoms in total. The molecule has 0 aromatic carbocycles. The lowest BCUT2D eigenvalue weighted by Crippen LogP contribution is -2.71. The van der Waals surface area contributed by atoms with E-state index in [-0.39, 0.29) is 35.6 Å². The number of thioether (sulfide) groups is 1. The van der Waals surface area contributed by atoms with E-state index in [0.29, 0.717) is 23.5 Å². The summed E-state index contributed by atoms with van der Waals surface area (Å²) in [5, 5.41) is 19.2. The van der Waals surface area contributed by atoms with E-state index in [0.717, 1.165) is 4.90 Å². The fraction of sp³-hybridized carbons (Fsp3) is 0.350. The summed E-state index contributed by atoms with van der Waals surface area (Å²) in [4.78, 5) is 66.3. The van der Waals surface area contributed by atoms with Crippen LogP contribution >= 0.6 is 31.0 Å². The van der Waals surface area contributed by atoms with Gasteiger partial charge in [0.15, 0.2) is 18.9 Å². The van der Waals surface area contributed by atoms with Gasteiger partial charge in [-0.15, -0.1) is 11.8 Å². The summed E-state index contributed by atoms with van der Waals surface area (Å²) in [6.45, 7) is 2.22. The molecule has 1 unspecified atom stereocenters. The minimum absolute atomic E-state index is 0.158. The van der Waals surface area contributed by atoms with E-state index in [9.17, 15) is 24.1 Å². The lowest BCUT2D eigenvalue weighted by molar-refractivity contribution is -0.689. The zero-order chi connectivity index (χ0) is 27.4. The number of hydrogen-bond acceptors (Lipinski definition) is 11. The molecule has 18 heteroatoms. The van der Waals surface area contributed by atoms with Gasteiger partial charge in [-0.3, -0.25) is 19.6 Å². The van der Waals surface area contributed by atoms with E-state index in [2.05, 4.69) is 19.8 Å². The number of β-lactam (4-membered cyclic amide) rings is 1. The smallest absolute Gasteiger partial charge is 0.429 e. The maximum absolute atomic E-state index is 13.1. The molecule has 2 atom stereocenters. The number of oxime groups is 1. The van der Waals surface area contributed by atoms with Gasteiger partial charge in [-0.2, -0.15) is 9.36 Å². The second kappa shape index (κ2) is 11.6. The van der Waals surface area contributed by atoms with Crippen LogP contribution < -0.4 is 20.1 Å². The third-order valence-corrected chi connectivity index (χ3v) is 7.85. The molecular weight excluding hydrogens is 561 g/mol. The second-order valence-corrected chi connectivity index (χ2v) is 11.2. The maximum Gasteiger partial charge on any atom is 0.429 e. The SMILES string of the molecule is CCCON=C(C(=O)NC1C(=O)N2C(C(=O)[O-])=C(C[n+]3ccccc3)CS[C@H]12)c1nsc(NP(=O)(O)O)n1. The van der Waals surface area contributed by atoms with Crippen LogP contribution in [-0.2, 0) is 30.3 Å². The molecule has 0 saturated carbocycles. The zero-order valence-electron chi connectivity index (χ0n) is 19.7. The Labute approximate surface area is 224 Å². The Morgan fingerprint density at radius 2 is 2.08 bits per heavy atom. The summed E-state index contributed by atoms with van der Waals surface area (Å²) in [6.07, 6.45) is 4.11. The summed E-state index contributed by atoms with van der Waals surface area (Å²) >= 11 is 1.87. The number of nitrogens with zero attached hydrogens (tertiary/aromatic N) is 5. The van der Waals surface area contributed by atoms with E-state index >= 15 is 0 Å². The molecule has 0 radical (unpaired) electrons. The zero-order valence-corrected chi connectivity index (χ0v) is 22.2. The number of amides is 2. The van der Waals surface area contributed by atoms with Crippen LogP contribution in [0.1, 0.15) is 19.2 Å². The van der Waals surface area contributed by atoms with Gasteiger partial charge >= 0.3 is 7.75 Å². The van der Waals surface area contributed by atoms with Crippen LogP contribution in [0.5, 0.6) is 0 Å². The van der Waals surface area contributed by atoms with Gasteiger partial charge in [0, 0.05) is 35.0 Å². The van der Waals surface area contributed by atoms with Crippen molar-refractivity contribution in [1.82, 2.24) is 19.6 Å². The Morgan fingerprint density at radius 3 is 2.74 bits per heavy atom. The van der Waals surface area contributed by atoms with Crippen molar-refractivity contribution >= 4 is 59.7 Å². The van der Waals surface area contributed by atoms with Crippen molar-refractivity contribution in [3.05, 3.63) is 47.7 Å². The lowest BCUT2D eigenvalue weighted by atomic mass is 10.0. The van der Waals surface area contributed by atoms with E-state index in [1.54, 1.807) is 29.1 Å².